The molecule has 3 aliphatic rings. The van der Waals surface area contributed by atoms with Crippen LogP contribution < -0.4 is 14.8 Å². The minimum atomic E-state index is -2.43. The number of nitrogens with zero attached hydrogens (tertiary/aromatic N) is 2. The number of aliphatic hydroxyl groups is 1. The first-order chi connectivity index (χ1) is 23.6. The largest absolute Gasteiger partial charge is 0.497 e. The highest BCUT2D eigenvalue weighted by Gasteiger charge is 2.66. The van der Waals surface area contributed by atoms with Crippen LogP contribution in [0.5, 0.6) is 5.75 Å². The zero-order chi connectivity index (χ0) is 34.5. The summed E-state index contributed by atoms with van der Waals surface area (Å²) in [5, 5.41) is 11.6. The maximum atomic E-state index is 15.0. The molecule has 3 aliphatic heterocycles. The number of aliphatic hydroxyl groups excluding tert-OH is 1. The number of fused-ring (bicyclic) bond motifs is 3. The van der Waals surface area contributed by atoms with Crippen molar-refractivity contribution >= 4 is 53.4 Å². The van der Waals surface area contributed by atoms with Gasteiger partial charge in [-0.05, 0) is 81.6 Å². The standard InChI is InChI=1S/C40H43IN2O5Si/c1-26-38(49(3,4)33-19-17-32(47-2)18-20-33)36(22-37(45)42-24-29-10-6-5-9-28(29)21-31(42)25-44)48-40(26)34-11-7-8-12-35(34)43(39(40)46)23-27-13-15-30(41)16-14-27/h5-20,26,31,36,38,44H,21-25H2,1-4H3/t26-,31-,36+,38-,40+/m0/s1. The fourth-order valence-electron chi connectivity index (χ4n) is 8.73. The molecule has 254 valence electrons. The first-order valence-electron chi connectivity index (χ1n) is 17.0. The highest BCUT2D eigenvalue weighted by atomic mass is 127. The summed E-state index contributed by atoms with van der Waals surface area (Å²) in [7, 11) is -0.760. The second-order valence-electron chi connectivity index (χ2n) is 14.2. The van der Waals surface area contributed by atoms with Gasteiger partial charge in [0.05, 0.1) is 52.6 Å². The Balaban J connectivity index is 1.28. The van der Waals surface area contributed by atoms with Crippen molar-refractivity contribution < 1.29 is 24.2 Å². The van der Waals surface area contributed by atoms with E-state index in [-0.39, 0.29) is 42.3 Å². The van der Waals surface area contributed by atoms with Crippen molar-refractivity contribution in [2.45, 2.75) is 69.2 Å². The van der Waals surface area contributed by atoms with Crippen molar-refractivity contribution in [2.24, 2.45) is 5.92 Å². The van der Waals surface area contributed by atoms with Crippen LogP contribution in [0.1, 0.15) is 35.6 Å². The highest BCUT2D eigenvalue weighted by molar-refractivity contribution is 14.1. The minimum Gasteiger partial charge on any atom is -0.497 e. The van der Waals surface area contributed by atoms with Gasteiger partial charge in [-0.3, -0.25) is 9.59 Å². The summed E-state index contributed by atoms with van der Waals surface area (Å²) in [6, 6.07) is 32.4. The molecular formula is C40H43IN2O5Si. The first kappa shape index (κ1) is 34.0. The number of hydrogen-bond donors (Lipinski definition) is 1. The normalized spacial score (nSPS) is 24.7. The third-order valence-corrected chi connectivity index (χ3v) is 16.3. The van der Waals surface area contributed by atoms with E-state index in [1.165, 1.54) is 10.8 Å². The molecule has 1 saturated heterocycles. The Morgan fingerprint density at radius 2 is 1.65 bits per heavy atom. The first-order valence-corrected chi connectivity index (χ1v) is 21.2. The topological polar surface area (TPSA) is 79.3 Å². The average Bonchev–Trinajstić information content (AvgIpc) is 3.54. The molecule has 0 saturated carbocycles. The third-order valence-electron chi connectivity index (χ3n) is 11.3. The van der Waals surface area contributed by atoms with E-state index in [2.05, 4.69) is 91.1 Å². The molecule has 4 aromatic carbocycles. The van der Waals surface area contributed by atoms with E-state index in [1.54, 1.807) is 7.11 Å². The Labute approximate surface area is 303 Å². The van der Waals surface area contributed by atoms with Crippen LogP contribution in [-0.4, -0.2) is 55.8 Å². The lowest BCUT2D eigenvalue weighted by molar-refractivity contribution is -0.151. The maximum Gasteiger partial charge on any atom is 0.264 e. The van der Waals surface area contributed by atoms with Gasteiger partial charge in [0.1, 0.15) is 5.75 Å². The molecule has 5 atom stereocenters. The number of para-hydroxylation sites is 1. The van der Waals surface area contributed by atoms with Gasteiger partial charge in [-0.2, -0.15) is 0 Å². The molecule has 7 nitrogen and oxygen atoms in total. The second kappa shape index (κ2) is 13.3. The lowest BCUT2D eigenvalue weighted by Crippen LogP contribution is -2.52. The van der Waals surface area contributed by atoms with Gasteiger partial charge in [0.15, 0.2) is 5.60 Å². The van der Waals surface area contributed by atoms with Gasteiger partial charge in [-0.1, -0.05) is 91.9 Å². The van der Waals surface area contributed by atoms with E-state index in [1.807, 2.05) is 58.3 Å². The molecule has 1 fully saturated rings. The Kier molecular flexibility index (Phi) is 9.23. The molecule has 1 spiro atoms. The summed E-state index contributed by atoms with van der Waals surface area (Å²) in [4.78, 5) is 33.1. The molecule has 0 unspecified atom stereocenters. The van der Waals surface area contributed by atoms with E-state index < -0.39 is 19.8 Å². The number of ether oxygens (including phenoxy) is 2. The lowest BCUT2D eigenvalue weighted by atomic mass is 9.82. The number of hydrogen-bond acceptors (Lipinski definition) is 5. The smallest absolute Gasteiger partial charge is 0.264 e. The number of methoxy groups -OCH3 is 1. The van der Waals surface area contributed by atoms with Crippen LogP contribution in [0, 0.1) is 9.49 Å². The molecule has 49 heavy (non-hydrogen) atoms. The van der Waals surface area contributed by atoms with Crippen molar-refractivity contribution in [1.82, 2.24) is 4.90 Å². The Morgan fingerprint density at radius 1 is 0.980 bits per heavy atom. The lowest BCUT2D eigenvalue weighted by Gasteiger charge is -2.39. The van der Waals surface area contributed by atoms with E-state index in [0.717, 1.165) is 31.7 Å². The quantitative estimate of drug-likeness (QED) is 0.165. The summed E-state index contributed by atoms with van der Waals surface area (Å²) >= 11 is 2.29. The van der Waals surface area contributed by atoms with Crippen LogP contribution in [-0.2, 0) is 39.4 Å². The molecule has 9 heteroatoms. The highest BCUT2D eigenvalue weighted by Crippen LogP contribution is 2.60. The molecule has 0 aliphatic carbocycles. The summed E-state index contributed by atoms with van der Waals surface area (Å²) in [6.45, 7) is 7.59. The molecule has 0 bridgehead atoms. The summed E-state index contributed by atoms with van der Waals surface area (Å²) in [5.41, 5.74) is 3.76. The van der Waals surface area contributed by atoms with Gasteiger partial charge in [-0.15, -0.1) is 0 Å². The second-order valence-corrected chi connectivity index (χ2v) is 20.2. The van der Waals surface area contributed by atoms with E-state index in [4.69, 9.17) is 9.47 Å². The number of benzene rings is 4. The van der Waals surface area contributed by atoms with Gasteiger partial charge in [0, 0.05) is 21.6 Å². The number of halogens is 1. The van der Waals surface area contributed by atoms with E-state index >= 15 is 0 Å². The van der Waals surface area contributed by atoms with Gasteiger partial charge in [0.2, 0.25) is 5.91 Å². The van der Waals surface area contributed by atoms with Crippen LogP contribution in [0.2, 0.25) is 18.6 Å². The molecule has 0 aromatic heterocycles. The fraction of sp³-hybridized carbons (Fsp3) is 0.350. The van der Waals surface area contributed by atoms with Crippen molar-refractivity contribution in [3.63, 3.8) is 0 Å². The van der Waals surface area contributed by atoms with Gasteiger partial charge in [0.25, 0.3) is 5.91 Å². The SMILES string of the molecule is COc1ccc([Si](C)(C)[C@@H]2[C@@H](CC(=O)N3Cc4ccccc4C[C@H]3CO)O[C@]3(C(=O)N(Cc4ccc(I)cc4)c4ccccc43)[C@H]2C)cc1. The maximum absolute atomic E-state index is 15.0. The number of carbonyl (C=O) groups is 2. The summed E-state index contributed by atoms with van der Waals surface area (Å²) in [6.07, 6.45) is 0.242. The monoisotopic (exact) mass is 786 g/mol. The van der Waals surface area contributed by atoms with Crippen LogP contribution in [0.15, 0.2) is 97.1 Å². The van der Waals surface area contributed by atoms with Crippen LogP contribution in [0.4, 0.5) is 5.69 Å². The van der Waals surface area contributed by atoms with E-state index in [9.17, 15) is 14.7 Å². The zero-order valence-corrected chi connectivity index (χ0v) is 31.6. The van der Waals surface area contributed by atoms with Crippen molar-refractivity contribution in [3.05, 3.63) is 123 Å². The van der Waals surface area contributed by atoms with Crippen molar-refractivity contribution in [2.75, 3.05) is 18.6 Å². The molecular weight excluding hydrogens is 743 g/mol. The van der Waals surface area contributed by atoms with Gasteiger partial charge >= 0.3 is 0 Å². The summed E-state index contributed by atoms with van der Waals surface area (Å²) < 4.78 is 13.8. The Bertz CT molecular complexity index is 1870. The van der Waals surface area contributed by atoms with Gasteiger partial charge in [-0.25, -0.2) is 0 Å². The predicted octanol–water partition coefficient (Wildman–Crippen LogP) is 6.40. The van der Waals surface area contributed by atoms with Crippen molar-refractivity contribution in [1.29, 1.82) is 0 Å². The number of amides is 2. The van der Waals surface area contributed by atoms with Crippen LogP contribution in [0.3, 0.4) is 0 Å². The number of rotatable bonds is 8. The predicted molar refractivity (Wildman–Crippen MR) is 203 cm³/mol. The molecule has 1 N–H and O–H groups in total. The fourth-order valence-corrected chi connectivity index (χ4v) is 13.1. The number of anilines is 1. The summed E-state index contributed by atoms with van der Waals surface area (Å²) in [5.74, 6) is 0.459. The Morgan fingerprint density at radius 3 is 2.35 bits per heavy atom. The van der Waals surface area contributed by atoms with Crippen LogP contribution >= 0.6 is 22.6 Å². The average molecular weight is 787 g/mol. The molecule has 2 amide bonds. The van der Waals surface area contributed by atoms with Crippen LogP contribution in [0.25, 0.3) is 0 Å². The third kappa shape index (κ3) is 5.82. The molecule has 7 rings (SSSR count). The molecule has 0 radical (unpaired) electrons. The van der Waals surface area contributed by atoms with Gasteiger partial charge < -0.3 is 24.4 Å². The molecule has 4 aromatic rings. The van der Waals surface area contributed by atoms with E-state index in [0.29, 0.717) is 19.5 Å². The van der Waals surface area contributed by atoms with Crippen molar-refractivity contribution in [3.8, 4) is 5.75 Å². The number of carbonyl (C=O) groups excluding carboxylic acids is 2. The minimum absolute atomic E-state index is 0.0539. The zero-order valence-electron chi connectivity index (χ0n) is 28.4. The Hall–Kier alpha value is -3.51. The molecule has 3 heterocycles.